The van der Waals surface area contributed by atoms with Gasteiger partial charge in [0, 0.05) is 12.4 Å². The Morgan fingerprint density at radius 1 is 1.29 bits per heavy atom. The van der Waals surface area contributed by atoms with Crippen LogP contribution in [0, 0.1) is 0 Å². The van der Waals surface area contributed by atoms with Crippen molar-refractivity contribution in [1.82, 2.24) is 9.78 Å². The molecule has 1 heterocycles. The molecular formula is C11H16N2O4. The van der Waals surface area contributed by atoms with Crippen molar-refractivity contribution in [2.75, 3.05) is 13.2 Å². The van der Waals surface area contributed by atoms with E-state index in [-0.39, 0.29) is 19.6 Å². The molecule has 17 heavy (non-hydrogen) atoms. The highest BCUT2D eigenvalue weighted by molar-refractivity contribution is 5.81. The van der Waals surface area contributed by atoms with Crippen molar-refractivity contribution in [1.29, 1.82) is 0 Å². The van der Waals surface area contributed by atoms with Gasteiger partial charge in [0.1, 0.15) is 0 Å². The molecule has 0 aliphatic carbocycles. The fourth-order valence-electron chi connectivity index (χ4n) is 1.37. The molecule has 1 aromatic heterocycles. The van der Waals surface area contributed by atoms with Crippen LogP contribution in [0.3, 0.4) is 0 Å². The number of nitrogens with zero attached hydrogens (tertiary/aromatic N) is 2. The monoisotopic (exact) mass is 240 g/mol. The molecule has 0 N–H and O–H groups in total. The van der Waals surface area contributed by atoms with Gasteiger partial charge in [-0.15, -0.1) is 0 Å². The second-order valence-corrected chi connectivity index (χ2v) is 3.26. The average Bonchev–Trinajstić information content (AvgIpc) is 2.79. The highest BCUT2D eigenvalue weighted by Crippen LogP contribution is 2.13. The zero-order valence-electron chi connectivity index (χ0n) is 9.96. The van der Waals surface area contributed by atoms with E-state index in [9.17, 15) is 9.59 Å². The molecule has 94 valence electrons. The lowest BCUT2D eigenvalue weighted by atomic mass is 10.2. The van der Waals surface area contributed by atoms with Crippen molar-refractivity contribution in [3.8, 4) is 0 Å². The molecule has 1 rings (SSSR count). The minimum absolute atomic E-state index is 0.0750. The van der Waals surface area contributed by atoms with Crippen LogP contribution in [-0.4, -0.2) is 34.9 Å². The molecule has 0 amide bonds. The Morgan fingerprint density at radius 3 is 2.53 bits per heavy atom. The van der Waals surface area contributed by atoms with E-state index in [1.54, 1.807) is 26.1 Å². The van der Waals surface area contributed by atoms with Gasteiger partial charge in [0.05, 0.1) is 19.6 Å². The van der Waals surface area contributed by atoms with Crippen molar-refractivity contribution in [2.45, 2.75) is 26.3 Å². The molecule has 0 saturated heterocycles. The third-order valence-electron chi connectivity index (χ3n) is 2.07. The van der Waals surface area contributed by atoms with Crippen molar-refractivity contribution in [2.24, 2.45) is 0 Å². The highest BCUT2D eigenvalue weighted by Gasteiger charge is 2.25. The van der Waals surface area contributed by atoms with Crippen LogP contribution < -0.4 is 0 Å². The summed E-state index contributed by atoms with van der Waals surface area (Å²) in [6, 6.07) is 0.918. The van der Waals surface area contributed by atoms with E-state index in [2.05, 4.69) is 5.10 Å². The Bertz CT molecular complexity index is 362. The normalized spacial score (nSPS) is 11.9. The van der Waals surface area contributed by atoms with Crippen molar-refractivity contribution >= 4 is 11.9 Å². The smallest absolute Gasteiger partial charge is 0.331 e. The molecule has 0 spiro atoms. The van der Waals surface area contributed by atoms with Crippen LogP contribution in [0.1, 0.15) is 26.3 Å². The molecule has 6 heteroatoms. The molecule has 0 bridgehead atoms. The molecule has 0 aromatic carbocycles. The first kappa shape index (κ1) is 13.2. The summed E-state index contributed by atoms with van der Waals surface area (Å²) in [6.07, 6.45) is 3.08. The number of rotatable bonds is 6. The van der Waals surface area contributed by atoms with Gasteiger partial charge in [0.2, 0.25) is 0 Å². The summed E-state index contributed by atoms with van der Waals surface area (Å²) in [5.41, 5.74) is 0. The van der Waals surface area contributed by atoms with E-state index in [1.165, 1.54) is 10.9 Å². The first-order valence-corrected chi connectivity index (χ1v) is 5.50. The van der Waals surface area contributed by atoms with E-state index < -0.39 is 18.0 Å². The van der Waals surface area contributed by atoms with Gasteiger partial charge in [0.25, 0.3) is 0 Å². The Labute approximate surface area is 99.5 Å². The largest absolute Gasteiger partial charge is 0.466 e. The molecule has 1 aromatic rings. The Morgan fingerprint density at radius 2 is 2.00 bits per heavy atom. The molecule has 0 aliphatic rings. The molecule has 0 radical (unpaired) electrons. The second kappa shape index (κ2) is 6.67. The fourth-order valence-corrected chi connectivity index (χ4v) is 1.37. The zero-order chi connectivity index (χ0) is 12.7. The van der Waals surface area contributed by atoms with Crippen LogP contribution in [0.25, 0.3) is 0 Å². The molecule has 0 fully saturated rings. The molecule has 0 unspecified atom stereocenters. The number of carbonyl (C=O) groups excluding carboxylic acids is 2. The van der Waals surface area contributed by atoms with E-state index in [0.29, 0.717) is 0 Å². The second-order valence-electron chi connectivity index (χ2n) is 3.26. The third-order valence-corrected chi connectivity index (χ3v) is 2.07. The van der Waals surface area contributed by atoms with Gasteiger partial charge in [-0.1, -0.05) is 0 Å². The van der Waals surface area contributed by atoms with Crippen LogP contribution in [0.4, 0.5) is 0 Å². The van der Waals surface area contributed by atoms with Crippen molar-refractivity contribution < 1.29 is 19.1 Å². The van der Waals surface area contributed by atoms with Gasteiger partial charge in [-0.25, -0.2) is 4.79 Å². The summed E-state index contributed by atoms with van der Waals surface area (Å²) < 4.78 is 11.1. The van der Waals surface area contributed by atoms with Crippen molar-refractivity contribution in [3.63, 3.8) is 0 Å². The number of carbonyl (C=O) groups is 2. The maximum Gasteiger partial charge on any atom is 0.331 e. The Kier molecular flexibility index (Phi) is 5.19. The molecular weight excluding hydrogens is 224 g/mol. The Balaban J connectivity index is 2.73. The molecule has 0 saturated carbocycles. The van der Waals surface area contributed by atoms with Crippen LogP contribution in [0.5, 0.6) is 0 Å². The summed E-state index contributed by atoms with van der Waals surface area (Å²) in [5.74, 6) is -0.926. The maximum atomic E-state index is 11.7. The van der Waals surface area contributed by atoms with E-state index >= 15 is 0 Å². The summed E-state index contributed by atoms with van der Waals surface area (Å²) in [6.45, 7) is 3.97. The van der Waals surface area contributed by atoms with Gasteiger partial charge in [0.15, 0.2) is 6.04 Å². The van der Waals surface area contributed by atoms with Crippen LogP contribution >= 0.6 is 0 Å². The topological polar surface area (TPSA) is 70.4 Å². The Hall–Kier alpha value is -1.85. The summed E-state index contributed by atoms with van der Waals surface area (Å²) in [5, 5.41) is 3.94. The summed E-state index contributed by atoms with van der Waals surface area (Å²) in [7, 11) is 0. The fraction of sp³-hybridized carbons (Fsp3) is 0.545. The highest BCUT2D eigenvalue weighted by atomic mass is 16.5. The first-order valence-electron chi connectivity index (χ1n) is 5.50. The molecule has 6 nitrogen and oxygen atoms in total. The minimum Gasteiger partial charge on any atom is -0.466 e. The number of hydrogen-bond acceptors (Lipinski definition) is 5. The van der Waals surface area contributed by atoms with Crippen molar-refractivity contribution in [3.05, 3.63) is 18.5 Å². The zero-order valence-corrected chi connectivity index (χ0v) is 9.96. The number of ether oxygens (including phenoxy) is 2. The van der Waals surface area contributed by atoms with Gasteiger partial charge in [-0.05, 0) is 19.9 Å². The van der Waals surface area contributed by atoms with Gasteiger partial charge >= 0.3 is 11.9 Å². The number of hydrogen-bond donors (Lipinski definition) is 0. The third kappa shape index (κ3) is 3.90. The average molecular weight is 240 g/mol. The predicted molar refractivity (Wildman–Crippen MR) is 59.1 cm³/mol. The van der Waals surface area contributed by atoms with E-state index in [1.807, 2.05) is 0 Å². The lowest BCUT2D eigenvalue weighted by molar-refractivity contribution is -0.154. The maximum absolute atomic E-state index is 11.7. The quantitative estimate of drug-likeness (QED) is 0.692. The van der Waals surface area contributed by atoms with Crippen LogP contribution in [-0.2, 0) is 19.1 Å². The first-order chi connectivity index (χ1) is 8.19. The number of esters is 2. The SMILES string of the molecule is CCOC(=O)C[C@@H](C(=O)OCC)n1cccn1. The van der Waals surface area contributed by atoms with Crippen LogP contribution in [0.15, 0.2) is 18.5 Å². The van der Waals surface area contributed by atoms with E-state index in [4.69, 9.17) is 9.47 Å². The summed E-state index contributed by atoms with van der Waals surface area (Å²) >= 11 is 0. The minimum atomic E-state index is -0.760. The van der Waals surface area contributed by atoms with E-state index in [0.717, 1.165) is 0 Å². The molecule has 1 atom stereocenters. The van der Waals surface area contributed by atoms with Gasteiger partial charge < -0.3 is 9.47 Å². The standard InChI is InChI=1S/C11H16N2O4/c1-3-16-10(14)8-9(11(15)17-4-2)13-7-5-6-12-13/h5-7,9H,3-4,8H2,1-2H3/t9-/m0/s1. The predicted octanol–water partition coefficient (Wildman–Crippen LogP) is 0.940. The summed E-state index contributed by atoms with van der Waals surface area (Å²) in [4.78, 5) is 23.1. The number of aromatic nitrogens is 2. The van der Waals surface area contributed by atoms with Crippen LogP contribution in [0.2, 0.25) is 0 Å². The lowest BCUT2D eigenvalue weighted by Crippen LogP contribution is -2.26. The lowest BCUT2D eigenvalue weighted by Gasteiger charge is -2.15. The molecule has 0 aliphatic heterocycles. The van der Waals surface area contributed by atoms with Gasteiger partial charge in [-0.3, -0.25) is 9.48 Å². The van der Waals surface area contributed by atoms with Gasteiger partial charge in [-0.2, -0.15) is 5.10 Å².